The number of halogens is 1. The summed E-state index contributed by atoms with van der Waals surface area (Å²) >= 11 is 3.38. The molecule has 0 unspecified atom stereocenters. The fraction of sp³-hybridized carbons (Fsp3) is 0.0909. The highest BCUT2D eigenvalue weighted by molar-refractivity contribution is 9.10. The molecule has 0 spiro atoms. The lowest BCUT2D eigenvalue weighted by Crippen LogP contribution is -2.14. The Morgan fingerprint density at radius 1 is 0.846 bits per heavy atom. The van der Waals surface area contributed by atoms with Crippen LogP contribution in [0.4, 0.5) is 0 Å². The number of hydrogen-bond acceptors (Lipinski definition) is 3. The molecule has 3 aromatic rings. The lowest BCUT2D eigenvalue weighted by molar-refractivity contribution is 0.0474. The van der Waals surface area contributed by atoms with E-state index in [1.54, 1.807) is 24.3 Å². The van der Waals surface area contributed by atoms with Gasteiger partial charge in [-0.05, 0) is 35.7 Å². The first kappa shape index (κ1) is 18.1. The third-order valence-corrected chi connectivity index (χ3v) is 4.91. The van der Waals surface area contributed by atoms with Crippen molar-refractivity contribution in [1.29, 1.82) is 0 Å². The van der Waals surface area contributed by atoms with Gasteiger partial charge in [0.2, 0.25) is 0 Å². The third kappa shape index (κ3) is 4.27. The number of carbonyl (C=O) groups excluding carboxylic acids is 2. The van der Waals surface area contributed by atoms with E-state index >= 15 is 0 Å². The van der Waals surface area contributed by atoms with E-state index in [0.29, 0.717) is 11.1 Å². The molecule has 0 aromatic heterocycles. The van der Waals surface area contributed by atoms with E-state index in [2.05, 4.69) is 15.9 Å². The molecule has 0 atom stereocenters. The van der Waals surface area contributed by atoms with E-state index in [9.17, 15) is 9.59 Å². The second kappa shape index (κ2) is 8.11. The summed E-state index contributed by atoms with van der Waals surface area (Å²) in [5, 5.41) is 0. The van der Waals surface area contributed by atoms with Gasteiger partial charge in [0.05, 0.1) is 5.56 Å². The minimum Gasteiger partial charge on any atom is -0.454 e. The zero-order valence-electron chi connectivity index (χ0n) is 14.2. The van der Waals surface area contributed by atoms with Gasteiger partial charge < -0.3 is 4.74 Å². The lowest BCUT2D eigenvalue weighted by atomic mass is 10.0. The van der Waals surface area contributed by atoms with Gasteiger partial charge in [0.1, 0.15) is 0 Å². The molecule has 0 N–H and O–H groups in total. The molecule has 0 saturated heterocycles. The molecule has 3 nitrogen and oxygen atoms in total. The minimum absolute atomic E-state index is 0.232. The van der Waals surface area contributed by atoms with Crippen molar-refractivity contribution in [2.45, 2.75) is 6.92 Å². The van der Waals surface area contributed by atoms with Crippen molar-refractivity contribution in [2.75, 3.05) is 6.61 Å². The van der Waals surface area contributed by atoms with Crippen molar-refractivity contribution in [3.05, 3.63) is 94.0 Å². The largest absolute Gasteiger partial charge is 0.454 e. The van der Waals surface area contributed by atoms with Crippen molar-refractivity contribution in [2.24, 2.45) is 0 Å². The number of rotatable bonds is 5. The van der Waals surface area contributed by atoms with E-state index in [1.165, 1.54) is 0 Å². The number of ether oxygens (including phenoxy) is 1. The summed E-state index contributed by atoms with van der Waals surface area (Å²) in [7, 11) is 0. The topological polar surface area (TPSA) is 43.4 Å². The number of ketones is 1. The fourth-order valence-corrected chi connectivity index (χ4v) is 2.88. The number of carbonyl (C=O) groups is 2. The van der Waals surface area contributed by atoms with Crippen LogP contribution in [0.25, 0.3) is 11.1 Å². The van der Waals surface area contributed by atoms with Crippen LogP contribution >= 0.6 is 15.9 Å². The summed E-state index contributed by atoms with van der Waals surface area (Å²) in [6, 6.07) is 22.4. The normalized spacial score (nSPS) is 10.4. The Morgan fingerprint density at radius 3 is 2.12 bits per heavy atom. The molecule has 0 aliphatic heterocycles. The summed E-state index contributed by atoms with van der Waals surface area (Å²) in [5.74, 6) is -0.746. The first-order valence-corrected chi connectivity index (χ1v) is 8.96. The summed E-state index contributed by atoms with van der Waals surface area (Å²) in [6.07, 6.45) is 0. The molecule has 26 heavy (non-hydrogen) atoms. The van der Waals surface area contributed by atoms with Crippen molar-refractivity contribution >= 4 is 27.7 Å². The maximum atomic E-state index is 12.3. The molecule has 0 saturated carbocycles. The Hall–Kier alpha value is -2.72. The SMILES string of the molecule is Cc1ccc(C(=O)OCC(=O)c2ccc(-c3ccccc3)cc2)cc1Br. The zero-order chi connectivity index (χ0) is 18.5. The number of benzene rings is 3. The highest BCUT2D eigenvalue weighted by atomic mass is 79.9. The fourth-order valence-electron chi connectivity index (χ4n) is 2.50. The second-order valence-electron chi connectivity index (χ2n) is 5.91. The van der Waals surface area contributed by atoms with Gasteiger partial charge in [0.25, 0.3) is 0 Å². The lowest BCUT2D eigenvalue weighted by Gasteiger charge is -2.07. The summed E-state index contributed by atoms with van der Waals surface area (Å²) in [6.45, 7) is 1.65. The van der Waals surface area contributed by atoms with Gasteiger partial charge in [0, 0.05) is 10.0 Å². The standard InChI is InChI=1S/C22H17BrO3/c1-15-7-8-19(13-20(15)23)22(25)26-14-21(24)18-11-9-17(10-12-18)16-5-3-2-4-6-16/h2-13H,14H2,1H3. The predicted molar refractivity (Wildman–Crippen MR) is 105 cm³/mol. The van der Waals surface area contributed by atoms with Crippen LogP contribution in [0.5, 0.6) is 0 Å². The molecule has 0 heterocycles. The van der Waals surface area contributed by atoms with Crippen LogP contribution in [0.1, 0.15) is 26.3 Å². The smallest absolute Gasteiger partial charge is 0.338 e. The predicted octanol–water partition coefficient (Wildman–Crippen LogP) is 5.46. The Labute approximate surface area is 160 Å². The molecule has 4 heteroatoms. The van der Waals surface area contributed by atoms with E-state index in [4.69, 9.17) is 4.74 Å². The van der Waals surface area contributed by atoms with Crippen LogP contribution in [0.2, 0.25) is 0 Å². The van der Waals surface area contributed by atoms with E-state index < -0.39 is 5.97 Å². The molecule has 0 radical (unpaired) electrons. The van der Waals surface area contributed by atoms with Crippen molar-refractivity contribution < 1.29 is 14.3 Å². The Bertz CT molecular complexity index is 931. The highest BCUT2D eigenvalue weighted by Gasteiger charge is 2.13. The van der Waals surface area contributed by atoms with Gasteiger partial charge in [-0.15, -0.1) is 0 Å². The van der Waals surface area contributed by atoms with Crippen LogP contribution in [0.15, 0.2) is 77.3 Å². The quantitative estimate of drug-likeness (QED) is 0.415. The van der Waals surface area contributed by atoms with Crippen LogP contribution in [-0.2, 0) is 4.74 Å². The van der Waals surface area contributed by atoms with Crippen molar-refractivity contribution in [3.63, 3.8) is 0 Å². The van der Waals surface area contributed by atoms with Crippen LogP contribution in [-0.4, -0.2) is 18.4 Å². The molecule has 0 fully saturated rings. The molecule has 0 amide bonds. The van der Waals surface area contributed by atoms with Gasteiger partial charge in [-0.1, -0.05) is 76.6 Å². The highest BCUT2D eigenvalue weighted by Crippen LogP contribution is 2.20. The molecular weight excluding hydrogens is 392 g/mol. The van der Waals surface area contributed by atoms with Crippen LogP contribution in [0, 0.1) is 6.92 Å². The Balaban J connectivity index is 1.63. The molecule has 0 bridgehead atoms. The maximum Gasteiger partial charge on any atom is 0.338 e. The van der Waals surface area contributed by atoms with Gasteiger partial charge in [-0.25, -0.2) is 4.79 Å². The first-order valence-electron chi connectivity index (χ1n) is 8.16. The van der Waals surface area contributed by atoms with E-state index in [1.807, 2.05) is 55.5 Å². The van der Waals surface area contributed by atoms with Gasteiger partial charge in [0.15, 0.2) is 12.4 Å². The molecule has 130 valence electrons. The molecule has 0 aliphatic carbocycles. The van der Waals surface area contributed by atoms with Crippen molar-refractivity contribution in [3.8, 4) is 11.1 Å². The number of aryl methyl sites for hydroxylation is 1. The Kier molecular flexibility index (Phi) is 5.64. The second-order valence-corrected chi connectivity index (χ2v) is 6.76. The molecule has 3 rings (SSSR count). The van der Waals surface area contributed by atoms with Gasteiger partial charge in [-0.2, -0.15) is 0 Å². The average molecular weight is 409 g/mol. The van der Waals surface area contributed by atoms with E-state index in [-0.39, 0.29) is 12.4 Å². The Morgan fingerprint density at radius 2 is 1.46 bits per heavy atom. The number of Topliss-reactive ketones (excluding diaryl/α,β-unsaturated/α-hetero) is 1. The average Bonchev–Trinajstić information content (AvgIpc) is 2.68. The minimum atomic E-state index is -0.514. The van der Waals surface area contributed by atoms with Crippen LogP contribution in [0.3, 0.4) is 0 Å². The molecule has 0 aliphatic rings. The van der Waals surface area contributed by atoms with E-state index in [0.717, 1.165) is 21.2 Å². The monoisotopic (exact) mass is 408 g/mol. The molecular formula is C22H17BrO3. The number of esters is 1. The van der Waals surface area contributed by atoms with Gasteiger partial charge >= 0.3 is 5.97 Å². The summed E-state index contributed by atoms with van der Waals surface area (Å²) in [5.41, 5.74) is 4.07. The van der Waals surface area contributed by atoms with Crippen molar-refractivity contribution in [1.82, 2.24) is 0 Å². The summed E-state index contributed by atoms with van der Waals surface area (Å²) in [4.78, 5) is 24.4. The maximum absolute atomic E-state index is 12.3. The number of hydrogen-bond donors (Lipinski definition) is 0. The zero-order valence-corrected chi connectivity index (χ0v) is 15.8. The first-order chi connectivity index (χ1) is 12.5. The summed E-state index contributed by atoms with van der Waals surface area (Å²) < 4.78 is 5.97. The third-order valence-electron chi connectivity index (χ3n) is 4.06. The van der Waals surface area contributed by atoms with Crippen LogP contribution < -0.4 is 0 Å². The molecule has 3 aromatic carbocycles. The van der Waals surface area contributed by atoms with Gasteiger partial charge in [-0.3, -0.25) is 4.79 Å².